The summed E-state index contributed by atoms with van der Waals surface area (Å²) < 4.78 is 16.3. The summed E-state index contributed by atoms with van der Waals surface area (Å²) in [6, 6.07) is 5.90. The molecule has 0 bridgehead atoms. The van der Waals surface area contributed by atoms with Crippen LogP contribution in [0.1, 0.15) is 37.7 Å². The van der Waals surface area contributed by atoms with Crippen LogP contribution in [0.5, 0.6) is 11.5 Å². The maximum Gasteiger partial charge on any atom is 0.161 e. The van der Waals surface area contributed by atoms with Crippen LogP contribution in [0.15, 0.2) is 18.2 Å². The smallest absolute Gasteiger partial charge is 0.161 e. The van der Waals surface area contributed by atoms with Crippen LogP contribution < -0.4 is 14.8 Å². The van der Waals surface area contributed by atoms with Gasteiger partial charge in [0.2, 0.25) is 0 Å². The van der Waals surface area contributed by atoms with E-state index >= 15 is 0 Å². The van der Waals surface area contributed by atoms with E-state index in [0.717, 1.165) is 31.7 Å². The third-order valence-corrected chi connectivity index (χ3v) is 4.89. The molecule has 1 aromatic carbocycles. The van der Waals surface area contributed by atoms with Crippen LogP contribution in [0.25, 0.3) is 0 Å². The average Bonchev–Trinajstić information content (AvgIpc) is 2.65. The van der Waals surface area contributed by atoms with E-state index in [-0.39, 0.29) is 6.61 Å². The summed E-state index contributed by atoms with van der Waals surface area (Å²) in [6.07, 6.45) is 5.88. The van der Waals surface area contributed by atoms with Crippen LogP contribution in [-0.2, 0) is 11.3 Å². The number of aliphatic hydroxyl groups is 1. The fourth-order valence-corrected chi connectivity index (χ4v) is 3.38. The first kappa shape index (κ1) is 22.0. The number of hydrogen-bond donors (Lipinski definition) is 2. The van der Waals surface area contributed by atoms with Crippen molar-refractivity contribution in [1.29, 1.82) is 0 Å². The number of methoxy groups -OCH3 is 2. The Bertz CT molecular complexity index is 519. The minimum Gasteiger partial charge on any atom is -0.493 e. The largest absolute Gasteiger partial charge is 0.493 e. The highest BCUT2D eigenvalue weighted by atomic mass is 16.5. The number of rotatable bonds is 11. The molecular weight excluding hydrogens is 344 g/mol. The molecule has 1 aromatic rings. The van der Waals surface area contributed by atoms with Gasteiger partial charge in [-0.2, -0.15) is 0 Å². The summed E-state index contributed by atoms with van der Waals surface area (Å²) in [6.45, 7) is 5.30. The molecule has 1 atom stereocenters. The van der Waals surface area contributed by atoms with Gasteiger partial charge in [0.25, 0.3) is 0 Å². The highest BCUT2D eigenvalue weighted by Gasteiger charge is 2.15. The lowest BCUT2D eigenvalue weighted by Gasteiger charge is -2.26. The summed E-state index contributed by atoms with van der Waals surface area (Å²) in [5.41, 5.74) is 1.11. The van der Waals surface area contributed by atoms with Gasteiger partial charge in [-0.25, -0.2) is 0 Å². The molecule has 0 spiro atoms. The maximum absolute atomic E-state index is 10.4. The van der Waals surface area contributed by atoms with Gasteiger partial charge in [0.1, 0.15) is 12.7 Å². The van der Waals surface area contributed by atoms with Gasteiger partial charge in [-0.05, 0) is 43.6 Å². The molecule has 1 unspecified atom stereocenters. The molecule has 154 valence electrons. The van der Waals surface area contributed by atoms with Crippen molar-refractivity contribution in [1.82, 2.24) is 10.2 Å². The van der Waals surface area contributed by atoms with Gasteiger partial charge < -0.3 is 29.5 Å². The summed E-state index contributed by atoms with van der Waals surface area (Å²) >= 11 is 0. The first-order chi connectivity index (χ1) is 13.2. The molecule has 2 N–H and O–H groups in total. The second-order valence-electron chi connectivity index (χ2n) is 7.19. The number of hydrogen-bond acceptors (Lipinski definition) is 6. The van der Waals surface area contributed by atoms with Crippen molar-refractivity contribution in [2.24, 2.45) is 0 Å². The second kappa shape index (κ2) is 12.9. The number of nitrogens with zero attached hydrogens (tertiary/aromatic N) is 1. The molecular formula is C21H36N2O4. The van der Waals surface area contributed by atoms with Crippen LogP contribution in [0, 0.1) is 0 Å². The van der Waals surface area contributed by atoms with Crippen LogP contribution in [0.2, 0.25) is 0 Å². The molecule has 0 aliphatic carbocycles. The zero-order chi connectivity index (χ0) is 19.3. The van der Waals surface area contributed by atoms with Crippen molar-refractivity contribution >= 4 is 0 Å². The summed E-state index contributed by atoms with van der Waals surface area (Å²) in [7, 11) is 3.33. The Balaban J connectivity index is 1.82. The van der Waals surface area contributed by atoms with Crippen LogP contribution in [0.4, 0.5) is 0 Å². The van der Waals surface area contributed by atoms with E-state index in [4.69, 9.17) is 14.2 Å². The highest BCUT2D eigenvalue weighted by molar-refractivity contribution is 5.43. The Hall–Kier alpha value is -1.34. The summed E-state index contributed by atoms with van der Waals surface area (Å²) in [4.78, 5) is 2.36. The van der Waals surface area contributed by atoms with Gasteiger partial charge in [-0.1, -0.05) is 25.3 Å². The highest BCUT2D eigenvalue weighted by Crippen LogP contribution is 2.28. The molecule has 1 aliphatic heterocycles. The third-order valence-electron chi connectivity index (χ3n) is 4.89. The van der Waals surface area contributed by atoms with Crippen molar-refractivity contribution in [3.8, 4) is 11.5 Å². The van der Waals surface area contributed by atoms with Gasteiger partial charge >= 0.3 is 0 Å². The Morgan fingerprint density at radius 3 is 2.52 bits per heavy atom. The zero-order valence-corrected chi connectivity index (χ0v) is 16.9. The molecule has 2 rings (SSSR count). The van der Waals surface area contributed by atoms with E-state index in [1.54, 1.807) is 14.2 Å². The quantitative estimate of drug-likeness (QED) is 0.575. The number of ether oxygens (including phenoxy) is 3. The van der Waals surface area contributed by atoms with Gasteiger partial charge in [0, 0.05) is 26.7 Å². The second-order valence-corrected chi connectivity index (χ2v) is 7.19. The number of aliphatic hydroxyl groups excluding tert-OH is 1. The molecule has 0 aromatic heterocycles. The van der Waals surface area contributed by atoms with Gasteiger partial charge in [-0.3, -0.25) is 0 Å². The van der Waals surface area contributed by atoms with E-state index in [2.05, 4.69) is 10.2 Å². The Morgan fingerprint density at radius 2 is 1.81 bits per heavy atom. The van der Waals surface area contributed by atoms with E-state index < -0.39 is 6.10 Å². The summed E-state index contributed by atoms with van der Waals surface area (Å²) in [5.74, 6) is 1.37. The van der Waals surface area contributed by atoms with E-state index in [0.29, 0.717) is 24.7 Å². The molecule has 6 heteroatoms. The van der Waals surface area contributed by atoms with Gasteiger partial charge in [-0.15, -0.1) is 0 Å². The van der Waals surface area contributed by atoms with Crippen molar-refractivity contribution in [2.75, 3.05) is 53.6 Å². The minimum absolute atomic E-state index is 0.271. The van der Waals surface area contributed by atoms with Gasteiger partial charge in [0.05, 0.1) is 13.7 Å². The first-order valence-electron chi connectivity index (χ1n) is 10.1. The standard InChI is InChI=1S/C21H36N2O4/c1-25-13-10-22-15-18-8-9-20(26-2)21(14-18)27-17-19(24)16-23-11-6-4-3-5-7-12-23/h8-9,14,19,22,24H,3-7,10-13,15-17H2,1-2H3. The molecule has 0 amide bonds. The fraction of sp³-hybridized carbons (Fsp3) is 0.714. The fourth-order valence-electron chi connectivity index (χ4n) is 3.38. The molecule has 1 saturated heterocycles. The number of likely N-dealkylation sites (tertiary alicyclic amines) is 1. The molecule has 0 radical (unpaired) electrons. The predicted octanol–water partition coefficient (Wildman–Crippen LogP) is 2.44. The van der Waals surface area contributed by atoms with Crippen molar-refractivity contribution < 1.29 is 19.3 Å². The Kier molecular flexibility index (Phi) is 10.5. The Labute approximate surface area is 163 Å². The number of β-amino-alcohol motifs (C(OH)–C–C–N with tert-alkyl or cyclic N) is 1. The number of benzene rings is 1. The SMILES string of the molecule is COCCNCc1ccc(OC)c(OCC(O)CN2CCCCCCC2)c1. The van der Waals surface area contributed by atoms with Gasteiger partial charge in [0.15, 0.2) is 11.5 Å². The molecule has 0 saturated carbocycles. The molecule has 1 aliphatic rings. The minimum atomic E-state index is -0.502. The first-order valence-corrected chi connectivity index (χ1v) is 10.1. The van der Waals surface area contributed by atoms with Crippen molar-refractivity contribution in [3.63, 3.8) is 0 Å². The molecule has 1 fully saturated rings. The molecule has 27 heavy (non-hydrogen) atoms. The normalized spacial score (nSPS) is 17.1. The predicted molar refractivity (Wildman–Crippen MR) is 108 cm³/mol. The van der Waals surface area contributed by atoms with Crippen molar-refractivity contribution in [2.45, 2.75) is 44.8 Å². The van der Waals surface area contributed by atoms with Crippen LogP contribution in [-0.4, -0.2) is 69.7 Å². The monoisotopic (exact) mass is 380 g/mol. The van der Waals surface area contributed by atoms with E-state index in [1.807, 2.05) is 18.2 Å². The molecule has 6 nitrogen and oxygen atoms in total. The van der Waals surface area contributed by atoms with E-state index in [9.17, 15) is 5.11 Å². The van der Waals surface area contributed by atoms with E-state index in [1.165, 1.54) is 32.1 Å². The molecule has 1 heterocycles. The zero-order valence-electron chi connectivity index (χ0n) is 16.9. The lowest BCUT2D eigenvalue weighted by atomic mass is 10.1. The third kappa shape index (κ3) is 8.47. The van der Waals surface area contributed by atoms with Crippen LogP contribution in [0.3, 0.4) is 0 Å². The van der Waals surface area contributed by atoms with Crippen LogP contribution >= 0.6 is 0 Å². The maximum atomic E-state index is 10.4. The average molecular weight is 381 g/mol. The lowest BCUT2D eigenvalue weighted by Crippen LogP contribution is -2.37. The summed E-state index contributed by atoms with van der Waals surface area (Å²) in [5, 5.41) is 13.7. The Morgan fingerprint density at radius 1 is 1.07 bits per heavy atom. The van der Waals surface area contributed by atoms with Crippen molar-refractivity contribution in [3.05, 3.63) is 23.8 Å². The lowest BCUT2D eigenvalue weighted by molar-refractivity contribution is 0.0644. The topological polar surface area (TPSA) is 63.2 Å². The number of nitrogens with one attached hydrogen (secondary N) is 1.